The maximum absolute atomic E-state index is 12.2. The van der Waals surface area contributed by atoms with Crippen molar-refractivity contribution in [1.29, 1.82) is 0 Å². The van der Waals surface area contributed by atoms with E-state index in [4.69, 9.17) is 4.74 Å². The molecule has 1 aliphatic heterocycles. The van der Waals surface area contributed by atoms with E-state index in [0.717, 1.165) is 7.11 Å². The van der Waals surface area contributed by atoms with E-state index in [1.54, 1.807) is 0 Å². The molecule has 1 aromatic carbocycles. The third kappa shape index (κ3) is 1.52. The van der Waals surface area contributed by atoms with Crippen LogP contribution in [0.4, 0.5) is 5.69 Å². The minimum atomic E-state index is -1.44. The average molecular weight is 290 g/mol. The van der Waals surface area contributed by atoms with Crippen LogP contribution >= 0.6 is 0 Å². The van der Waals surface area contributed by atoms with E-state index < -0.39 is 40.0 Å². The number of methoxy groups -OCH3 is 1. The number of carbonyl (C=O) groups excluding carboxylic acids is 3. The number of piperidine rings is 1. The maximum atomic E-state index is 12.2. The molecule has 0 spiro atoms. The van der Waals surface area contributed by atoms with Crippen molar-refractivity contribution in [1.82, 2.24) is 5.32 Å². The van der Waals surface area contributed by atoms with Crippen LogP contribution in [-0.4, -0.2) is 29.8 Å². The number of benzene rings is 1. The van der Waals surface area contributed by atoms with Crippen molar-refractivity contribution in [3.63, 3.8) is 0 Å². The van der Waals surface area contributed by atoms with E-state index in [-0.39, 0.29) is 11.3 Å². The van der Waals surface area contributed by atoms with Gasteiger partial charge in [0.2, 0.25) is 11.8 Å². The number of amides is 2. The molecule has 0 bridgehead atoms. The van der Waals surface area contributed by atoms with Crippen LogP contribution in [0.2, 0.25) is 0 Å². The molecule has 8 heteroatoms. The summed E-state index contributed by atoms with van der Waals surface area (Å²) in [4.78, 5) is 46.0. The van der Waals surface area contributed by atoms with Crippen molar-refractivity contribution in [2.75, 3.05) is 7.11 Å². The minimum absolute atomic E-state index is 0.214. The van der Waals surface area contributed by atoms with Crippen molar-refractivity contribution in [2.24, 2.45) is 11.8 Å². The number of ether oxygens (including phenoxy) is 1. The monoisotopic (exact) mass is 290 g/mol. The number of fused-ring (bicyclic) bond motifs is 1. The molecule has 2 fully saturated rings. The third-order valence-corrected chi connectivity index (χ3v) is 4.07. The number of nitro benzene ring substituents is 1. The molecule has 1 saturated heterocycles. The fourth-order valence-electron chi connectivity index (χ4n) is 3.16. The molecule has 1 saturated carbocycles. The largest absolute Gasteiger partial charge is 0.468 e. The molecule has 21 heavy (non-hydrogen) atoms. The van der Waals surface area contributed by atoms with Gasteiger partial charge in [-0.3, -0.25) is 29.8 Å². The Hall–Kier alpha value is -2.77. The second kappa shape index (κ2) is 4.11. The number of nitrogens with zero attached hydrogens (tertiary/aromatic N) is 1. The lowest BCUT2D eigenvalue weighted by molar-refractivity contribution is -0.384. The van der Waals surface area contributed by atoms with E-state index in [2.05, 4.69) is 5.32 Å². The Morgan fingerprint density at radius 1 is 1.33 bits per heavy atom. The molecule has 3 rings (SSSR count). The van der Waals surface area contributed by atoms with Gasteiger partial charge in [-0.05, 0) is 5.56 Å². The normalized spacial score (nSPS) is 29.6. The van der Waals surface area contributed by atoms with Crippen LogP contribution in [0.15, 0.2) is 24.3 Å². The van der Waals surface area contributed by atoms with E-state index in [0.29, 0.717) is 0 Å². The van der Waals surface area contributed by atoms with E-state index in [9.17, 15) is 24.5 Å². The molecule has 0 aromatic heterocycles. The summed E-state index contributed by atoms with van der Waals surface area (Å²) in [6.45, 7) is 0. The van der Waals surface area contributed by atoms with Crippen LogP contribution in [0.1, 0.15) is 5.56 Å². The molecular formula is C13H10N2O6. The van der Waals surface area contributed by atoms with E-state index >= 15 is 0 Å². The SMILES string of the molecule is COC(=O)[C@]1(c2cccc([N+](=O)[O-])c2)[C@@H]2C(=O)NC(=O)[C@@H]21. The van der Waals surface area contributed by atoms with E-state index in [1.165, 1.54) is 24.3 Å². The lowest BCUT2D eigenvalue weighted by Gasteiger charge is -2.18. The van der Waals surface area contributed by atoms with Crippen molar-refractivity contribution in [3.05, 3.63) is 39.9 Å². The predicted octanol–water partition coefficient (Wildman–Crippen LogP) is -0.0920. The molecule has 2 aliphatic rings. The number of hydrogen-bond acceptors (Lipinski definition) is 6. The Kier molecular flexibility index (Phi) is 2.59. The molecule has 1 N–H and O–H groups in total. The Balaban J connectivity index is 2.14. The molecule has 3 atom stereocenters. The third-order valence-electron chi connectivity index (χ3n) is 4.07. The second-order valence-corrected chi connectivity index (χ2v) is 4.98. The zero-order chi connectivity index (χ0) is 15.4. The molecule has 1 heterocycles. The summed E-state index contributed by atoms with van der Waals surface area (Å²) >= 11 is 0. The topological polar surface area (TPSA) is 116 Å². The Labute approximate surface area is 118 Å². The van der Waals surface area contributed by atoms with Crippen molar-refractivity contribution in [2.45, 2.75) is 5.41 Å². The van der Waals surface area contributed by atoms with Crippen LogP contribution in [0, 0.1) is 22.0 Å². The van der Waals surface area contributed by atoms with Gasteiger partial charge in [-0.2, -0.15) is 0 Å². The number of carbonyl (C=O) groups is 3. The second-order valence-electron chi connectivity index (χ2n) is 4.98. The fraction of sp³-hybridized carbons (Fsp3) is 0.308. The van der Waals surface area contributed by atoms with Crippen LogP contribution in [-0.2, 0) is 24.5 Å². The summed E-state index contributed by atoms with van der Waals surface area (Å²) in [6.07, 6.45) is 0. The summed E-state index contributed by atoms with van der Waals surface area (Å²) in [5, 5.41) is 13.0. The highest BCUT2D eigenvalue weighted by Crippen LogP contribution is 2.63. The Morgan fingerprint density at radius 2 is 1.95 bits per heavy atom. The number of esters is 1. The minimum Gasteiger partial charge on any atom is -0.468 e. The molecular weight excluding hydrogens is 280 g/mol. The molecule has 1 aliphatic carbocycles. The summed E-state index contributed by atoms with van der Waals surface area (Å²) in [6, 6.07) is 5.38. The molecule has 0 radical (unpaired) electrons. The van der Waals surface area contributed by atoms with E-state index in [1.807, 2.05) is 0 Å². The molecule has 108 valence electrons. The van der Waals surface area contributed by atoms with Gasteiger partial charge in [-0.25, -0.2) is 0 Å². The molecule has 8 nitrogen and oxygen atoms in total. The molecule has 0 unspecified atom stereocenters. The van der Waals surface area contributed by atoms with Crippen molar-refractivity contribution in [3.8, 4) is 0 Å². The van der Waals surface area contributed by atoms with Crippen molar-refractivity contribution >= 4 is 23.5 Å². The highest BCUT2D eigenvalue weighted by Gasteiger charge is 2.80. The van der Waals surface area contributed by atoms with Gasteiger partial charge in [0.05, 0.1) is 23.9 Å². The van der Waals surface area contributed by atoms with Gasteiger partial charge in [-0.1, -0.05) is 12.1 Å². The van der Waals surface area contributed by atoms with Gasteiger partial charge in [0, 0.05) is 12.1 Å². The van der Waals surface area contributed by atoms with Gasteiger partial charge >= 0.3 is 5.97 Å². The van der Waals surface area contributed by atoms with Gasteiger partial charge in [0.1, 0.15) is 5.41 Å². The predicted molar refractivity (Wildman–Crippen MR) is 66.9 cm³/mol. The first-order valence-corrected chi connectivity index (χ1v) is 6.12. The van der Waals surface area contributed by atoms with Gasteiger partial charge in [0.25, 0.3) is 5.69 Å². The first-order valence-electron chi connectivity index (χ1n) is 6.12. The lowest BCUT2D eigenvalue weighted by atomic mass is 9.89. The summed E-state index contributed by atoms with van der Waals surface area (Å²) in [5.41, 5.74) is -1.41. The maximum Gasteiger partial charge on any atom is 0.317 e. The lowest BCUT2D eigenvalue weighted by Crippen LogP contribution is -2.39. The number of nitrogens with one attached hydrogen (secondary N) is 1. The standard InChI is InChI=1S/C13H10N2O6/c1-21-12(18)13(8-9(13)11(17)14-10(8)16)6-3-2-4-7(5-6)15(19)20/h2-5,8-9H,1H3,(H,14,16,17)/t8-,9+,13+. The number of non-ortho nitro benzene ring substituents is 1. The summed E-state index contributed by atoms with van der Waals surface area (Å²) in [5.74, 6) is -3.57. The van der Waals surface area contributed by atoms with Crippen LogP contribution in [0.3, 0.4) is 0 Å². The smallest absolute Gasteiger partial charge is 0.317 e. The first-order chi connectivity index (χ1) is 9.94. The Bertz CT molecular complexity index is 678. The Morgan fingerprint density at radius 3 is 2.48 bits per heavy atom. The van der Waals surface area contributed by atoms with Gasteiger partial charge < -0.3 is 4.74 Å². The fourth-order valence-corrected chi connectivity index (χ4v) is 3.16. The number of rotatable bonds is 3. The highest BCUT2D eigenvalue weighted by atomic mass is 16.6. The first kappa shape index (κ1) is 13.2. The van der Waals surface area contributed by atoms with Crippen molar-refractivity contribution < 1.29 is 24.0 Å². The average Bonchev–Trinajstić information content (AvgIpc) is 3.09. The number of hydrogen-bond donors (Lipinski definition) is 1. The van der Waals surface area contributed by atoms with Crippen LogP contribution < -0.4 is 5.32 Å². The zero-order valence-corrected chi connectivity index (χ0v) is 10.9. The number of nitro groups is 1. The van der Waals surface area contributed by atoms with Crippen LogP contribution in [0.25, 0.3) is 0 Å². The molecule has 2 amide bonds. The van der Waals surface area contributed by atoms with Crippen LogP contribution in [0.5, 0.6) is 0 Å². The highest BCUT2D eigenvalue weighted by molar-refractivity contribution is 6.18. The number of imide groups is 1. The zero-order valence-electron chi connectivity index (χ0n) is 10.9. The quantitative estimate of drug-likeness (QED) is 0.360. The summed E-state index contributed by atoms with van der Waals surface area (Å²) in [7, 11) is 1.15. The van der Waals surface area contributed by atoms with Gasteiger partial charge in [0.15, 0.2) is 0 Å². The summed E-state index contributed by atoms with van der Waals surface area (Å²) < 4.78 is 4.72. The van der Waals surface area contributed by atoms with Gasteiger partial charge in [-0.15, -0.1) is 0 Å². The molecule has 1 aromatic rings.